The summed E-state index contributed by atoms with van der Waals surface area (Å²) in [6.45, 7) is 6.39. The Kier molecular flexibility index (Phi) is 12.2. The van der Waals surface area contributed by atoms with Gasteiger partial charge in [0.1, 0.15) is 0 Å². The van der Waals surface area contributed by atoms with Gasteiger partial charge in [-0.25, -0.2) is 0 Å². The summed E-state index contributed by atoms with van der Waals surface area (Å²) in [5.41, 5.74) is 0. The molecule has 0 aromatic heterocycles. The van der Waals surface area contributed by atoms with Crippen molar-refractivity contribution in [2.24, 2.45) is 5.92 Å². The van der Waals surface area contributed by atoms with Crippen LogP contribution in [0.2, 0.25) is 0 Å². The van der Waals surface area contributed by atoms with Crippen LogP contribution in [0.25, 0.3) is 0 Å². The fraction of sp³-hybridized carbons (Fsp3) is 0.900. The van der Waals surface area contributed by atoms with Gasteiger partial charge in [-0.05, 0) is 12.3 Å². The molecule has 0 fully saturated rings. The van der Waals surface area contributed by atoms with E-state index in [0.717, 1.165) is 6.42 Å². The summed E-state index contributed by atoms with van der Waals surface area (Å²) >= 11 is 0. The second kappa shape index (κ2) is 10.2. The first-order chi connectivity index (χ1) is 5.70. The minimum atomic E-state index is -0.162. The molecule has 0 aliphatic heterocycles. The number of hydrogen-bond donors (Lipinski definition) is 0. The average molecular weight is 238 g/mol. The molecule has 0 radical (unpaired) electrons. The number of esters is 1. The zero-order valence-electron chi connectivity index (χ0n) is 9.14. The van der Waals surface area contributed by atoms with Crippen molar-refractivity contribution in [3.8, 4) is 0 Å². The SMILES string of the molecule is CCCCC(CC)COC(C)=O.[Zn]. The van der Waals surface area contributed by atoms with Gasteiger partial charge < -0.3 is 4.74 Å². The number of hydrogen-bond acceptors (Lipinski definition) is 2. The molecule has 0 amide bonds. The van der Waals surface area contributed by atoms with E-state index >= 15 is 0 Å². The third kappa shape index (κ3) is 10.0. The van der Waals surface area contributed by atoms with Crippen LogP contribution in [-0.2, 0) is 29.0 Å². The molecule has 0 aliphatic carbocycles. The van der Waals surface area contributed by atoms with Gasteiger partial charge in [0.25, 0.3) is 0 Å². The normalized spacial score (nSPS) is 11.6. The van der Waals surface area contributed by atoms with E-state index in [2.05, 4.69) is 13.8 Å². The molecule has 0 bridgehead atoms. The van der Waals surface area contributed by atoms with E-state index in [9.17, 15) is 4.79 Å². The van der Waals surface area contributed by atoms with Crippen LogP contribution >= 0.6 is 0 Å². The predicted molar refractivity (Wildman–Crippen MR) is 49.9 cm³/mol. The summed E-state index contributed by atoms with van der Waals surface area (Å²) in [4.78, 5) is 10.5. The van der Waals surface area contributed by atoms with Gasteiger partial charge in [-0.2, -0.15) is 0 Å². The summed E-state index contributed by atoms with van der Waals surface area (Å²) < 4.78 is 4.95. The third-order valence-electron chi connectivity index (χ3n) is 2.07. The van der Waals surface area contributed by atoms with Crippen LogP contribution in [0, 0.1) is 5.92 Å². The molecule has 0 saturated heterocycles. The molecule has 1 unspecified atom stereocenters. The predicted octanol–water partition coefficient (Wildman–Crippen LogP) is 2.76. The second-order valence-corrected chi connectivity index (χ2v) is 3.22. The Morgan fingerprint density at radius 2 is 2.00 bits per heavy atom. The number of carbonyl (C=O) groups excluding carboxylic acids is 1. The molecule has 3 heteroatoms. The van der Waals surface area contributed by atoms with Crippen LogP contribution < -0.4 is 0 Å². The summed E-state index contributed by atoms with van der Waals surface area (Å²) in [6.07, 6.45) is 4.74. The Bertz CT molecular complexity index is 126. The van der Waals surface area contributed by atoms with E-state index in [0.29, 0.717) is 12.5 Å². The average Bonchev–Trinajstić information content (AvgIpc) is 2.05. The third-order valence-corrected chi connectivity index (χ3v) is 2.07. The molecule has 0 rings (SSSR count). The molecule has 0 aromatic rings. The van der Waals surface area contributed by atoms with E-state index in [4.69, 9.17) is 4.74 Å². The first-order valence-corrected chi connectivity index (χ1v) is 4.84. The Morgan fingerprint density at radius 1 is 1.38 bits per heavy atom. The van der Waals surface area contributed by atoms with E-state index in [1.165, 1.54) is 26.2 Å². The first-order valence-electron chi connectivity index (χ1n) is 4.84. The fourth-order valence-electron chi connectivity index (χ4n) is 1.13. The van der Waals surface area contributed by atoms with Gasteiger partial charge in [0.05, 0.1) is 6.61 Å². The molecule has 0 N–H and O–H groups in total. The molecular formula is C10H20O2Zn. The maximum Gasteiger partial charge on any atom is 0.302 e. The topological polar surface area (TPSA) is 26.3 Å². The van der Waals surface area contributed by atoms with Gasteiger partial charge in [-0.3, -0.25) is 4.79 Å². The summed E-state index contributed by atoms with van der Waals surface area (Å²) in [5.74, 6) is 0.402. The first kappa shape index (κ1) is 15.6. The molecule has 0 heterocycles. The number of unbranched alkanes of at least 4 members (excludes halogenated alkanes) is 1. The van der Waals surface area contributed by atoms with Crippen LogP contribution in [-0.4, -0.2) is 12.6 Å². The van der Waals surface area contributed by atoms with Crippen LogP contribution in [0.3, 0.4) is 0 Å². The molecule has 0 saturated carbocycles. The molecule has 1 atom stereocenters. The number of rotatable bonds is 6. The van der Waals surface area contributed by atoms with Crippen molar-refractivity contribution in [1.29, 1.82) is 0 Å². The van der Waals surface area contributed by atoms with Crippen molar-refractivity contribution >= 4 is 5.97 Å². The van der Waals surface area contributed by atoms with Crippen LogP contribution in [0.5, 0.6) is 0 Å². The van der Waals surface area contributed by atoms with Crippen LogP contribution in [0.4, 0.5) is 0 Å². The molecule has 0 aliphatic rings. The van der Waals surface area contributed by atoms with Gasteiger partial charge in [-0.1, -0.05) is 33.1 Å². The Hall–Kier alpha value is 0.0934. The van der Waals surface area contributed by atoms with E-state index in [1.54, 1.807) is 0 Å². The van der Waals surface area contributed by atoms with Crippen molar-refractivity contribution < 1.29 is 29.0 Å². The summed E-state index contributed by atoms with van der Waals surface area (Å²) in [6, 6.07) is 0. The standard InChI is InChI=1S/C10H20O2.Zn/c1-4-6-7-10(5-2)8-12-9(3)11;/h10H,4-8H2,1-3H3;. The van der Waals surface area contributed by atoms with Crippen molar-refractivity contribution in [2.45, 2.75) is 46.5 Å². The van der Waals surface area contributed by atoms with Crippen LogP contribution in [0.15, 0.2) is 0 Å². The van der Waals surface area contributed by atoms with Gasteiger partial charge in [0.2, 0.25) is 0 Å². The minimum Gasteiger partial charge on any atom is -0.466 e. The Balaban J connectivity index is 0. The second-order valence-electron chi connectivity index (χ2n) is 3.22. The smallest absolute Gasteiger partial charge is 0.302 e. The molecule has 0 spiro atoms. The van der Waals surface area contributed by atoms with Gasteiger partial charge in [-0.15, -0.1) is 0 Å². The molecule has 0 aromatic carbocycles. The molecule has 74 valence electrons. The fourth-order valence-corrected chi connectivity index (χ4v) is 1.13. The van der Waals surface area contributed by atoms with Gasteiger partial charge >= 0.3 is 5.97 Å². The van der Waals surface area contributed by atoms with Crippen molar-refractivity contribution in [3.05, 3.63) is 0 Å². The van der Waals surface area contributed by atoms with E-state index < -0.39 is 0 Å². The van der Waals surface area contributed by atoms with Gasteiger partial charge in [0, 0.05) is 26.4 Å². The van der Waals surface area contributed by atoms with Crippen LogP contribution in [0.1, 0.15) is 46.5 Å². The summed E-state index contributed by atoms with van der Waals surface area (Å²) in [5, 5.41) is 0. The Morgan fingerprint density at radius 3 is 2.38 bits per heavy atom. The molecule has 13 heavy (non-hydrogen) atoms. The van der Waals surface area contributed by atoms with Crippen molar-refractivity contribution in [1.82, 2.24) is 0 Å². The zero-order valence-corrected chi connectivity index (χ0v) is 12.1. The number of ether oxygens (including phenoxy) is 1. The maximum atomic E-state index is 10.5. The zero-order chi connectivity index (χ0) is 9.40. The van der Waals surface area contributed by atoms with Gasteiger partial charge in [0.15, 0.2) is 0 Å². The maximum absolute atomic E-state index is 10.5. The number of carbonyl (C=O) groups is 1. The molecular weight excluding hydrogens is 217 g/mol. The minimum absolute atomic E-state index is 0. The quantitative estimate of drug-likeness (QED) is 0.525. The monoisotopic (exact) mass is 236 g/mol. The van der Waals surface area contributed by atoms with Crippen molar-refractivity contribution in [3.63, 3.8) is 0 Å². The largest absolute Gasteiger partial charge is 0.466 e. The molecule has 2 nitrogen and oxygen atoms in total. The van der Waals surface area contributed by atoms with Crippen molar-refractivity contribution in [2.75, 3.05) is 6.61 Å². The van der Waals surface area contributed by atoms with E-state index in [-0.39, 0.29) is 25.4 Å². The summed E-state index contributed by atoms with van der Waals surface area (Å²) in [7, 11) is 0. The van der Waals surface area contributed by atoms with E-state index in [1.807, 2.05) is 0 Å². The Labute approximate surface area is 94.2 Å².